The summed E-state index contributed by atoms with van der Waals surface area (Å²) in [5, 5.41) is 4.58. The molecule has 3 aromatic rings. The lowest BCUT2D eigenvalue weighted by molar-refractivity contribution is -0.172. The van der Waals surface area contributed by atoms with Gasteiger partial charge in [0.25, 0.3) is 0 Å². The number of carbonyl (C=O) groups excluding carboxylic acids is 1. The molecule has 3 heterocycles. The van der Waals surface area contributed by atoms with Crippen molar-refractivity contribution >= 4 is 25.4 Å². The minimum absolute atomic E-state index is 0.233. The van der Waals surface area contributed by atoms with E-state index in [0.717, 1.165) is 16.1 Å². The lowest BCUT2D eigenvalue weighted by atomic mass is 10.2. The minimum atomic E-state index is -4.59. The van der Waals surface area contributed by atoms with E-state index in [0.29, 0.717) is 24.5 Å². The number of ether oxygens (including phenoxy) is 1. The van der Waals surface area contributed by atoms with Crippen LogP contribution in [0.3, 0.4) is 0 Å². The van der Waals surface area contributed by atoms with Crippen molar-refractivity contribution in [1.29, 1.82) is 0 Å². The Bertz CT molecular complexity index is 1010. The molecule has 0 aromatic carbocycles. The van der Waals surface area contributed by atoms with Gasteiger partial charge in [-0.15, -0.1) is 0 Å². The second-order valence-corrected chi connectivity index (χ2v) is 13.9. The molecule has 1 atom stereocenters. The van der Waals surface area contributed by atoms with E-state index in [1.165, 1.54) is 12.4 Å². The van der Waals surface area contributed by atoms with Crippen LogP contribution in [0.1, 0.15) is 12.5 Å². The van der Waals surface area contributed by atoms with Crippen molar-refractivity contribution in [3.05, 3.63) is 30.9 Å². The third-order valence-corrected chi connectivity index (χ3v) is 6.31. The number of halogens is 3. The molecular formula is C19H24F3N5O2Si. The second-order valence-electron chi connectivity index (χ2n) is 8.27. The van der Waals surface area contributed by atoms with Crippen molar-refractivity contribution in [3.63, 3.8) is 0 Å². The number of rotatable bonds is 9. The second kappa shape index (κ2) is 8.68. The smallest absolute Gasteiger partial charge is 0.361 e. The molecule has 0 saturated heterocycles. The van der Waals surface area contributed by atoms with Crippen LogP contribution >= 0.6 is 0 Å². The van der Waals surface area contributed by atoms with E-state index in [-0.39, 0.29) is 12.1 Å². The molecule has 0 N–H and O–H groups in total. The number of hydrogen-bond acceptors (Lipinski definition) is 5. The Kier molecular flexibility index (Phi) is 6.41. The van der Waals surface area contributed by atoms with Crippen molar-refractivity contribution in [2.75, 3.05) is 6.61 Å². The van der Waals surface area contributed by atoms with Crippen LogP contribution in [0.15, 0.2) is 30.9 Å². The predicted octanol–water partition coefficient (Wildman–Crippen LogP) is 4.30. The first kappa shape index (κ1) is 22.2. The standard InChI is InChI=1S/C19H24F3N5O2Si/c1-30(2,3)9-8-29-13-26-6-4-14-10-23-17(25-18(14)26)15-11-24-27(12-15)16(5-7-28)19(20,21)22/h4,6-7,10-12,16H,5,8-9,13H2,1-3H3/t16-/m1/s1. The Balaban J connectivity index is 1.80. The summed E-state index contributed by atoms with van der Waals surface area (Å²) in [7, 11) is -1.18. The Morgan fingerprint density at radius 2 is 2.03 bits per heavy atom. The van der Waals surface area contributed by atoms with Gasteiger partial charge in [-0.25, -0.2) is 9.97 Å². The largest absolute Gasteiger partial charge is 0.411 e. The van der Waals surface area contributed by atoms with Gasteiger partial charge in [-0.1, -0.05) is 19.6 Å². The highest BCUT2D eigenvalue weighted by Gasteiger charge is 2.41. The highest BCUT2D eigenvalue weighted by Crippen LogP contribution is 2.33. The fraction of sp³-hybridized carbons (Fsp3) is 0.474. The maximum atomic E-state index is 13.2. The van der Waals surface area contributed by atoms with Gasteiger partial charge in [-0.05, 0) is 12.1 Å². The van der Waals surface area contributed by atoms with Gasteiger partial charge in [-0.3, -0.25) is 4.68 Å². The third kappa shape index (κ3) is 5.33. The lowest BCUT2D eigenvalue weighted by Crippen LogP contribution is -2.27. The molecule has 0 amide bonds. The number of aromatic nitrogens is 5. The molecular weight excluding hydrogens is 415 g/mol. The van der Waals surface area contributed by atoms with Crippen LogP contribution in [0.4, 0.5) is 13.2 Å². The van der Waals surface area contributed by atoms with Gasteiger partial charge in [0.15, 0.2) is 11.9 Å². The summed E-state index contributed by atoms with van der Waals surface area (Å²) in [5.41, 5.74) is 0.963. The molecule has 162 valence electrons. The van der Waals surface area contributed by atoms with E-state index >= 15 is 0 Å². The minimum Gasteiger partial charge on any atom is -0.361 e. The highest BCUT2D eigenvalue weighted by molar-refractivity contribution is 6.76. The molecule has 0 radical (unpaired) electrons. The Labute approximate surface area is 172 Å². The molecule has 0 bridgehead atoms. The summed E-state index contributed by atoms with van der Waals surface area (Å²) < 4.78 is 47.9. The van der Waals surface area contributed by atoms with Crippen molar-refractivity contribution in [2.45, 2.75) is 51.1 Å². The van der Waals surface area contributed by atoms with Gasteiger partial charge in [0.2, 0.25) is 0 Å². The van der Waals surface area contributed by atoms with Crippen LogP contribution in [-0.2, 0) is 16.3 Å². The SMILES string of the molecule is C[Si](C)(C)CCOCn1ccc2cnc(-c3cnn([C@H](CC=O)C(F)(F)F)c3)nc21. The van der Waals surface area contributed by atoms with Crippen LogP contribution in [-0.4, -0.2) is 51.5 Å². The summed E-state index contributed by atoms with van der Waals surface area (Å²) in [6.07, 6.45) is 0.865. The first-order valence-electron chi connectivity index (χ1n) is 9.53. The molecule has 3 aromatic heterocycles. The van der Waals surface area contributed by atoms with Crippen LogP contribution in [0, 0.1) is 0 Å². The number of aldehydes is 1. The number of nitrogens with zero attached hydrogens (tertiary/aromatic N) is 5. The van der Waals surface area contributed by atoms with E-state index in [1.54, 1.807) is 6.20 Å². The average Bonchev–Trinajstić information content (AvgIpc) is 3.28. The average molecular weight is 440 g/mol. The molecule has 0 spiro atoms. The fourth-order valence-electron chi connectivity index (χ4n) is 2.86. The van der Waals surface area contributed by atoms with E-state index in [2.05, 4.69) is 34.7 Å². The summed E-state index contributed by atoms with van der Waals surface area (Å²) in [6, 6.07) is 0.886. The number of hydrogen-bond donors (Lipinski definition) is 0. The summed E-state index contributed by atoms with van der Waals surface area (Å²) >= 11 is 0. The number of fused-ring (bicyclic) bond motifs is 1. The van der Waals surface area contributed by atoms with Crippen LogP contribution < -0.4 is 0 Å². The fourth-order valence-corrected chi connectivity index (χ4v) is 3.62. The molecule has 30 heavy (non-hydrogen) atoms. The van der Waals surface area contributed by atoms with E-state index in [4.69, 9.17) is 4.74 Å². The normalized spacial score (nSPS) is 13.7. The predicted molar refractivity (Wildman–Crippen MR) is 109 cm³/mol. The van der Waals surface area contributed by atoms with Crippen molar-refractivity contribution in [2.24, 2.45) is 0 Å². The zero-order valence-corrected chi connectivity index (χ0v) is 18.1. The topological polar surface area (TPSA) is 74.8 Å². The number of carbonyl (C=O) groups is 1. The molecule has 0 unspecified atom stereocenters. The van der Waals surface area contributed by atoms with E-state index < -0.39 is 26.7 Å². The van der Waals surface area contributed by atoms with Gasteiger partial charge in [0, 0.05) is 45.1 Å². The molecule has 0 aliphatic heterocycles. The quantitative estimate of drug-likeness (QED) is 0.282. The van der Waals surface area contributed by atoms with Gasteiger partial charge in [0.1, 0.15) is 18.7 Å². The molecule has 0 fully saturated rings. The first-order chi connectivity index (χ1) is 14.1. The lowest BCUT2D eigenvalue weighted by Gasteiger charge is -2.18. The molecule has 0 aliphatic carbocycles. The monoisotopic (exact) mass is 439 g/mol. The molecule has 11 heteroatoms. The zero-order chi connectivity index (χ0) is 21.9. The maximum Gasteiger partial charge on any atom is 0.411 e. The zero-order valence-electron chi connectivity index (χ0n) is 17.1. The highest BCUT2D eigenvalue weighted by atomic mass is 28.3. The summed E-state index contributed by atoms with van der Waals surface area (Å²) in [4.78, 5) is 19.4. The van der Waals surface area contributed by atoms with E-state index in [9.17, 15) is 18.0 Å². The van der Waals surface area contributed by atoms with Crippen molar-refractivity contribution in [1.82, 2.24) is 24.3 Å². The third-order valence-electron chi connectivity index (χ3n) is 4.61. The molecule has 0 saturated carbocycles. The van der Waals surface area contributed by atoms with Crippen molar-refractivity contribution in [3.8, 4) is 11.4 Å². The molecule has 7 nitrogen and oxygen atoms in total. The van der Waals surface area contributed by atoms with E-state index in [1.807, 2.05) is 16.8 Å². The van der Waals surface area contributed by atoms with Gasteiger partial charge < -0.3 is 14.1 Å². The summed E-state index contributed by atoms with van der Waals surface area (Å²) in [6.45, 7) is 7.83. The van der Waals surface area contributed by atoms with Crippen LogP contribution in [0.2, 0.25) is 25.7 Å². The number of alkyl halides is 3. The Morgan fingerprint density at radius 1 is 1.27 bits per heavy atom. The van der Waals surface area contributed by atoms with Crippen LogP contribution in [0.25, 0.3) is 22.4 Å². The first-order valence-corrected chi connectivity index (χ1v) is 13.2. The van der Waals surface area contributed by atoms with Gasteiger partial charge >= 0.3 is 6.18 Å². The maximum absolute atomic E-state index is 13.2. The molecule has 3 rings (SSSR count). The van der Waals surface area contributed by atoms with Gasteiger partial charge in [-0.2, -0.15) is 18.3 Å². The Morgan fingerprint density at radius 3 is 2.70 bits per heavy atom. The molecule has 0 aliphatic rings. The van der Waals surface area contributed by atoms with Gasteiger partial charge in [0.05, 0.1) is 11.8 Å². The van der Waals surface area contributed by atoms with Crippen LogP contribution in [0.5, 0.6) is 0 Å². The summed E-state index contributed by atoms with van der Waals surface area (Å²) in [5.74, 6) is 0.253. The Hall–Kier alpha value is -2.53. The van der Waals surface area contributed by atoms with Crippen molar-refractivity contribution < 1.29 is 22.7 Å².